The molecule has 0 aromatic carbocycles. The molecule has 8 heteroatoms. The molecule has 1 N–H and O–H groups in total. The van der Waals surface area contributed by atoms with Gasteiger partial charge in [-0.25, -0.2) is 0 Å². The standard InChI is InChI=1S/C47H77NO7/c1-41(2,40(51)52)30-37(49)55-36-14-18-44(6)34(42(36,3)4)13-19-46(8)35(44)11-10-33-38-32(43(5)21-22-43)12-20-47(38,24-23-45(33,46)7)39(50)48-25-15-31(16-26-48)17-27-54-29-28-53-9/h31-36,38H,10-30H2,1-9H3,(H,51,52)/t32-,33-,34+,35-,36+,38-,44+,45-,46-,47+/m1/s1. The Morgan fingerprint density at radius 3 is 2.09 bits per heavy atom. The normalized spacial score (nSPS) is 42.0. The maximum absolute atomic E-state index is 15.2. The Morgan fingerprint density at radius 2 is 1.44 bits per heavy atom. The van der Waals surface area contributed by atoms with Crippen molar-refractivity contribution in [2.45, 2.75) is 164 Å². The second-order valence-electron chi connectivity index (χ2n) is 22.5. The maximum atomic E-state index is 15.2. The van der Waals surface area contributed by atoms with Gasteiger partial charge in [-0.15, -0.1) is 0 Å². The smallest absolute Gasteiger partial charge is 0.309 e. The minimum absolute atomic E-state index is 0.105. The second-order valence-corrected chi connectivity index (χ2v) is 22.5. The summed E-state index contributed by atoms with van der Waals surface area (Å²) in [5, 5.41) is 9.65. The number of fused-ring (bicyclic) bond motifs is 7. The Labute approximate surface area is 333 Å². The fourth-order valence-electron chi connectivity index (χ4n) is 15.4. The first kappa shape index (κ1) is 41.5. The summed E-state index contributed by atoms with van der Waals surface area (Å²) >= 11 is 0. The van der Waals surface area contributed by atoms with Gasteiger partial charge in [-0.05, 0) is 167 Å². The van der Waals surface area contributed by atoms with Gasteiger partial charge < -0.3 is 24.2 Å². The molecule has 8 nitrogen and oxygen atoms in total. The second kappa shape index (κ2) is 14.6. The Bertz CT molecular complexity index is 1460. The molecular formula is C47H77NO7. The number of hydrogen-bond donors (Lipinski definition) is 1. The molecule has 312 valence electrons. The van der Waals surface area contributed by atoms with E-state index in [0.29, 0.717) is 60.0 Å². The van der Waals surface area contributed by atoms with Gasteiger partial charge in [0, 0.05) is 32.2 Å². The molecule has 1 saturated heterocycles. The Morgan fingerprint density at radius 1 is 0.727 bits per heavy atom. The van der Waals surface area contributed by atoms with Crippen LogP contribution in [0.1, 0.15) is 158 Å². The van der Waals surface area contributed by atoms with Crippen molar-refractivity contribution >= 4 is 17.8 Å². The lowest BCUT2D eigenvalue weighted by atomic mass is 9.32. The van der Waals surface area contributed by atoms with E-state index in [4.69, 9.17) is 14.2 Å². The fraction of sp³-hybridized carbons (Fsp3) is 0.936. The number of piperidine rings is 1. The van der Waals surface area contributed by atoms with Gasteiger partial charge in [0.2, 0.25) is 5.91 Å². The van der Waals surface area contributed by atoms with E-state index in [1.807, 2.05) is 0 Å². The van der Waals surface area contributed by atoms with Gasteiger partial charge in [-0.2, -0.15) is 0 Å². The molecule has 0 aromatic heterocycles. The molecule has 7 rings (SSSR count). The molecule has 1 amide bonds. The van der Waals surface area contributed by atoms with Crippen LogP contribution in [0.4, 0.5) is 0 Å². The van der Waals surface area contributed by atoms with Gasteiger partial charge in [-0.3, -0.25) is 14.4 Å². The van der Waals surface area contributed by atoms with Crippen LogP contribution in [0.15, 0.2) is 0 Å². The number of esters is 1. The molecule has 0 unspecified atom stereocenters. The summed E-state index contributed by atoms with van der Waals surface area (Å²) in [6, 6.07) is 0. The van der Waals surface area contributed by atoms with Crippen LogP contribution in [0.25, 0.3) is 0 Å². The van der Waals surface area contributed by atoms with Gasteiger partial charge in [0.1, 0.15) is 6.10 Å². The first-order valence-corrected chi connectivity index (χ1v) is 22.6. The quantitative estimate of drug-likeness (QED) is 0.156. The molecule has 6 saturated carbocycles. The molecule has 7 aliphatic rings. The van der Waals surface area contributed by atoms with Crippen molar-refractivity contribution in [3.05, 3.63) is 0 Å². The number of hydrogen-bond acceptors (Lipinski definition) is 6. The van der Waals surface area contributed by atoms with Crippen molar-refractivity contribution in [2.24, 2.45) is 73.4 Å². The molecule has 6 aliphatic carbocycles. The number of nitrogens with zero attached hydrogens (tertiary/aromatic N) is 1. The van der Waals surface area contributed by atoms with E-state index in [1.165, 1.54) is 38.5 Å². The Kier molecular flexibility index (Phi) is 11.0. The van der Waals surface area contributed by atoms with E-state index >= 15 is 4.79 Å². The van der Waals surface area contributed by atoms with Crippen molar-refractivity contribution in [3.63, 3.8) is 0 Å². The predicted molar refractivity (Wildman–Crippen MR) is 214 cm³/mol. The molecule has 0 radical (unpaired) electrons. The average molecular weight is 768 g/mol. The maximum Gasteiger partial charge on any atom is 0.309 e. The molecular weight excluding hydrogens is 691 g/mol. The van der Waals surface area contributed by atoms with Gasteiger partial charge in [-0.1, -0.05) is 41.5 Å². The number of methoxy groups -OCH3 is 1. The van der Waals surface area contributed by atoms with Crippen molar-refractivity contribution < 1.29 is 33.7 Å². The van der Waals surface area contributed by atoms with Crippen LogP contribution in [-0.4, -0.2) is 74.0 Å². The number of ether oxygens (including phenoxy) is 3. The van der Waals surface area contributed by atoms with Crippen molar-refractivity contribution in [1.82, 2.24) is 4.90 Å². The summed E-state index contributed by atoms with van der Waals surface area (Å²) in [5.41, 5.74) is -0.582. The van der Waals surface area contributed by atoms with Crippen LogP contribution < -0.4 is 0 Å². The van der Waals surface area contributed by atoms with Crippen LogP contribution in [0, 0.1) is 73.4 Å². The zero-order chi connectivity index (χ0) is 39.8. The summed E-state index contributed by atoms with van der Waals surface area (Å²) < 4.78 is 17.2. The fourth-order valence-corrected chi connectivity index (χ4v) is 15.4. The number of amides is 1. The van der Waals surface area contributed by atoms with Crippen LogP contribution in [0.2, 0.25) is 0 Å². The minimum atomic E-state index is -1.14. The van der Waals surface area contributed by atoms with Gasteiger partial charge in [0.25, 0.3) is 0 Å². The zero-order valence-corrected chi connectivity index (χ0v) is 36.2. The van der Waals surface area contributed by atoms with Gasteiger partial charge >= 0.3 is 11.9 Å². The highest BCUT2D eigenvalue weighted by Crippen LogP contribution is 2.79. The molecule has 10 atom stereocenters. The first-order valence-electron chi connectivity index (χ1n) is 22.6. The number of carbonyl (C=O) groups is 3. The SMILES string of the molecule is COCCOCCC1CCN(C(=O)[C@]23CC[C@@H](C4(C)CC4)[C@@H]2[C@H]2CC[C@@H]4[C@@]5(C)CC[C@H](OC(=O)CC(C)(C)C(=O)O)C(C)(C)[C@@H]5CC[C@@]4(C)[C@]2(C)CC3)CC1. The summed E-state index contributed by atoms with van der Waals surface area (Å²) in [4.78, 5) is 42.5. The third-order valence-corrected chi connectivity index (χ3v) is 19.2. The van der Waals surface area contributed by atoms with Crippen LogP contribution in [0.5, 0.6) is 0 Å². The van der Waals surface area contributed by atoms with E-state index in [0.717, 1.165) is 77.5 Å². The topological polar surface area (TPSA) is 102 Å². The Hall–Kier alpha value is -1.67. The zero-order valence-electron chi connectivity index (χ0n) is 36.2. The summed E-state index contributed by atoms with van der Waals surface area (Å²) in [7, 11) is 1.72. The van der Waals surface area contributed by atoms with E-state index in [1.54, 1.807) is 21.0 Å². The number of aliphatic carboxylic acids is 1. The van der Waals surface area contributed by atoms with Crippen LogP contribution >= 0.6 is 0 Å². The van der Waals surface area contributed by atoms with Crippen LogP contribution in [0.3, 0.4) is 0 Å². The monoisotopic (exact) mass is 768 g/mol. The van der Waals surface area contributed by atoms with Crippen LogP contribution in [-0.2, 0) is 28.6 Å². The molecule has 7 fully saturated rings. The highest BCUT2D eigenvalue weighted by atomic mass is 16.5. The number of rotatable bonds is 12. The summed E-state index contributed by atoms with van der Waals surface area (Å²) in [6.07, 6.45) is 16.8. The molecule has 1 heterocycles. The lowest BCUT2D eigenvalue weighted by molar-refractivity contribution is -0.251. The highest BCUT2D eigenvalue weighted by molar-refractivity contribution is 5.84. The van der Waals surface area contributed by atoms with Gasteiger partial charge in [0.05, 0.1) is 30.5 Å². The Balaban J connectivity index is 1.09. The van der Waals surface area contributed by atoms with E-state index in [2.05, 4.69) is 46.4 Å². The average Bonchev–Trinajstić information content (AvgIpc) is 3.74. The third-order valence-electron chi connectivity index (χ3n) is 19.2. The molecule has 1 aliphatic heterocycles. The highest BCUT2D eigenvalue weighted by Gasteiger charge is 2.73. The third kappa shape index (κ3) is 6.73. The number of carboxylic acids is 1. The molecule has 0 spiro atoms. The van der Waals surface area contributed by atoms with Crippen molar-refractivity contribution in [1.29, 1.82) is 0 Å². The van der Waals surface area contributed by atoms with Crippen molar-refractivity contribution in [2.75, 3.05) is 40.0 Å². The lowest BCUT2D eigenvalue weighted by Gasteiger charge is -2.73. The first-order chi connectivity index (χ1) is 25.8. The lowest BCUT2D eigenvalue weighted by Crippen LogP contribution is -2.67. The van der Waals surface area contributed by atoms with E-state index in [9.17, 15) is 14.7 Å². The number of likely N-dealkylation sites (tertiary alicyclic amines) is 1. The minimum Gasteiger partial charge on any atom is -0.481 e. The number of carbonyl (C=O) groups excluding carboxylic acids is 2. The van der Waals surface area contributed by atoms with E-state index in [-0.39, 0.29) is 45.6 Å². The molecule has 55 heavy (non-hydrogen) atoms. The molecule has 0 bridgehead atoms. The summed E-state index contributed by atoms with van der Waals surface area (Å²) in [5.74, 6) is 2.57. The largest absolute Gasteiger partial charge is 0.481 e. The summed E-state index contributed by atoms with van der Waals surface area (Å²) in [6.45, 7) is 22.3. The van der Waals surface area contributed by atoms with Gasteiger partial charge in [0.15, 0.2) is 0 Å². The van der Waals surface area contributed by atoms with Crippen molar-refractivity contribution in [3.8, 4) is 0 Å². The van der Waals surface area contributed by atoms with E-state index < -0.39 is 11.4 Å². The number of carboxylic acid groups (broad SMARTS) is 1. The predicted octanol–water partition coefficient (Wildman–Crippen LogP) is 9.57. The molecule has 0 aromatic rings.